The molecule has 0 bridgehead atoms. The van der Waals surface area contributed by atoms with Gasteiger partial charge < -0.3 is 15.1 Å². The lowest BCUT2D eigenvalue weighted by Gasteiger charge is -2.07. The number of pyridine rings is 1. The molecule has 2 aromatic heterocycles. The largest absolute Gasteiger partial charge is 0.433 e. The van der Waals surface area contributed by atoms with Gasteiger partial charge in [0.15, 0.2) is 5.76 Å². The van der Waals surface area contributed by atoms with Gasteiger partial charge in [0, 0.05) is 19.3 Å². The van der Waals surface area contributed by atoms with Crippen LogP contribution in [0.2, 0.25) is 10.0 Å². The van der Waals surface area contributed by atoms with Gasteiger partial charge in [-0.05, 0) is 12.1 Å². The molecule has 1 amide bonds. The first-order valence-electron chi connectivity index (χ1n) is 6.04. The third kappa shape index (κ3) is 4.09. The Morgan fingerprint density at radius 2 is 2.14 bits per heavy atom. The van der Waals surface area contributed by atoms with Crippen LogP contribution in [0.3, 0.4) is 0 Å². The standard InChI is InChI=1S/C12H10Cl2N4O4/c13-7-5-8(14)11(17-6-7)15-3-4-16-12(19)9-1-2-10(22-9)18(20)21/h1-2,5-6H,3-4H2,(H,15,17)(H,16,19). The molecule has 116 valence electrons. The molecule has 2 aromatic rings. The average molecular weight is 345 g/mol. The van der Waals surface area contributed by atoms with E-state index < -0.39 is 16.7 Å². The Balaban J connectivity index is 1.80. The van der Waals surface area contributed by atoms with Gasteiger partial charge in [-0.1, -0.05) is 23.2 Å². The van der Waals surface area contributed by atoms with Crippen molar-refractivity contribution in [2.45, 2.75) is 0 Å². The van der Waals surface area contributed by atoms with Crippen LogP contribution in [-0.2, 0) is 0 Å². The summed E-state index contributed by atoms with van der Waals surface area (Å²) in [7, 11) is 0. The Morgan fingerprint density at radius 3 is 2.77 bits per heavy atom. The van der Waals surface area contributed by atoms with Gasteiger partial charge in [-0.15, -0.1) is 0 Å². The summed E-state index contributed by atoms with van der Waals surface area (Å²) in [5.41, 5.74) is 0. The van der Waals surface area contributed by atoms with E-state index in [9.17, 15) is 14.9 Å². The normalized spacial score (nSPS) is 10.3. The van der Waals surface area contributed by atoms with E-state index in [1.54, 1.807) is 6.07 Å². The average Bonchev–Trinajstić information content (AvgIpc) is 2.95. The molecule has 0 atom stereocenters. The predicted molar refractivity (Wildman–Crippen MR) is 80.4 cm³/mol. The van der Waals surface area contributed by atoms with Crippen molar-refractivity contribution in [1.29, 1.82) is 0 Å². The summed E-state index contributed by atoms with van der Waals surface area (Å²) in [6.45, 7) is 0.594. The van der Waals surface area contributed by atoms with Gasteiger partial charge in [0.1, 0.15) is 10.7 Å². The van der Waals surface area contributed by atoms with Crippen molar-refractivity contribution in [3.05, 3.63) is 50.3 Å². The molecule has 2 N–H and O–H groups in total. The number of hydrogen-bond donors (Lipinski definition) is 2. The van der Waals surface area contributed by atoms with Crippen molar-refractivity contribution in [2.75, 3.05) is 18.4 Å². The van der Waals surface area contributed by atoms with Crippen LogP contribution in [-0.4, -0.2) is 28.9 Å². The molecule has 22 heavy (non-hydrogen) atoms. The number of nitrogens with zero attached hydrogens (tertiary/aromatic N) is 2. The van der Waals surface area contributed by atoms with Gasteiger partial charge in [-0.3, -0.25) is 14.9 Å². The summed E-state index contributed by atoms with van der Waals surface area (Å²) in [4.78, 5) is 25.4. The molecule has 0 aromatic carbocycles. The zero-order valence-electron chi connectivity index (χ0n) is 11.0. The van der Waals surface area contributed by atoms with Crippen LogP contribution in [0.5, 0.6) is 0 Å². The fourth-order valence-electron chi connectivity index (χ4n) is 1.54. The van der Waals surface area contributed by atoms with E-state index in [4.69, 9.17) is 27.6 Å². The molecule has 2 heterocycles. The first-order chi connectivity index (χ1) is 10.5. The lowest BCUT2D eigenvalue weighted by atomic mass is 10.4. The summed E-state index contributed by atoms with van der Waals surface area (Å²) in [5, 5.41) is 16.7. The highest BCUT2D eigenvalue weighted by Crippen LogP contribution is 2.22. The molecule has 0 saturated heterocycles. The number of halogens is 2. The Labute approximate surface area is 134 Å². The molecule has 0 aliphatic carbocycles. The maximum absolute atomic E-state index is 11.7. The molecule has 0 aliphatic heterocycles. The summed E-state index contributed by atoms with van der Waals surface area (Å²) in [6, 6.07) is 3.89. The lowest BCUT2D eigenvalue weighted by Crippen LogP contribution is -2.28. The molecular formula is C12H10Cl2N4O4. The van der Waals surface area contributed by atoms with Crippen LogP contribution in [0.25, 0.3) is 0 Å². The zero-order chi connectivity index (χ0) is 16.1. The summed E-state index contributed by atoms with van der Waals surface area (Å²) >= 11 is 11.6. The first kappa shape index (κ1) is 16.1. The number of aromatic nitrogens is 1. The Kier molecular flexibility index (Phi) is 5.18. The van der Waals surface area contributed by atoms with Crippen molar-refractivity contribution in [1.82, 2.24) is 10.3 Å². The maximum atomic E-state index is 11.7. The van der Waals surface area contributed by atoms with E-state index in [0.29, 0.717) is 22.4 Å². The van der Waals surface area contributed by atoms with Crippen LogP contribution in [0.4, 0.5) is 11.7 Å². The number of amides is 1. The Hall–Kier alpha value is -2.32. The zero-order valence-corrected chi connectivity index (χ0v) is 12.5. The minimum absolute atomic E-state index is 0.130. The van der Waals surface area contributed by atoms with Crippen molar-refractivity contribution in [2.24, 2.45) is 0 Å². The number of anilines is 1. The van der Waals surface area contributed by atoms with Crippen LogP contribution < -0.4 is 10.6 Å². The molecule has 0 radical (unpaired) electrons. The molecule has 0 fully saturated rings. The number of rotatable bonds is 6. The van der Waals surface area contributed by atoms with E-state index in [1.165, 1.54) is 12.3 Å². The predicted octanol–water partition coefficient (Wildman–Crippen LogP) is 2.73. The Morgan fingerprint density at radius 1 is 1.36 bits per heavy atom. The lowest BCUT2D eigenvalue weighted by molar-refractivity contribution is -0.402. The summed E-state index contributed by atoms with van der Waals surface area (Å²) in [6.07, 6.45) is 1.44. The van der Waals surface area contributed by atoms with Crippen LogP contribution >= 0.6 is 23.2 Å². The summed E-state index contributed by atoms with van der Waals surface area (Å²) in [5.74, 6) is -0.728. The highest BCUT2D eigenvalue weighted by atomic mass is 35.5. The molecule has 8 nitrogen and oxygen atoms in total. The van der Waals surface area contributed by atoms with Crippen LogP contribution in [0.15, 0.2) is 28.8 Å². The van der Waals surface area contributed by atoms with Crippen molar-refractivity contribution in [3.63, 3.8) is 0 Å². The van der Waals surface area contributed by atoms with Crippen LogP contribution in [0.1, 0.15) is 10.6 Å². The van der Waals surface area contributed by atoms with Crippen molar-refractivity contribution in [3.8, 4) is 0 Å². The third-order valence-corrected chi connectivity index (χ3v) is 3.00. The highest BCUT2D eigenvalue weighted by molar-refractivity contribution is 6.35. The van der Waals surface area contributed by atoms with E-state index in [-0.39, 0.29) is 12.3 Å². The quantitative estimate of drug-likeness (QED) is 0.473. The molecular weight excluding hydrogens is 335 g/mol. The van der Waals surface area contributed by atoms with Gasteiger partial charge in [-0.25, -0.2) is 4.98 Å². The molecule has 0 saturated carbocycles. The van der Waals surface area contributed by atoms with Gasteiger partial charge >= 0.3 is 5.88 Å². The van der Waals surface area contributed by atoms with Gasteiger partial charge in [0.05, 0.1) is 16.1 Å². The third-order valence-electron chi connectivity index (χ3n) is 2.51. The number of carbonyl (C=O) groups excluding carboxylic acids is 1. The highest BCUT2D eigenvalue weighted by Gasteiger charge is 2.16. The minimum Gasteiger partial charge on any atom is -0.395 e. The monoisotopic (exact) mass is 344 g/mol. The number of furan rings is 1. The van der Waals surface area contributed by atoms with Gasteiger partial charge in [0.2, 0.25) is 0 Å². The number of hydrogen-bond acceptors (Lipinski definition) is 6. The van der Waals surface area contributed by atoms with Crippen LogP contribution in [0, 0.1) is 10.1 Å². The van der Waals surface area contributed by atoms with Crippen molar-refractivity contribution < 1.29 is 14.1 Å². The minimum atomic E-state index is -0.716. The Bertz CT molecular complexity index is 704. The first-order valence-corrected chi connectivity index (χ1v) is 6.80. The fraction of sp³-hybridized carbons (Fsp3) is 0.167. The maximum Gasteiger partial charge on any atom is 0.433 e. The number of nitro groups is 1. The number of carbonyl (C=O) groups is 1. The smallest absolute Gasteiger partial charge is 0.395 e. The second-order valence-electron chi connectivity index (χ2n) is 4.06. The van der Waals surface area contributed by atoms with E-state index in [2.05, 4.69) is 15.6 Å². The molecule has 2 rings (SSSR count). The molecule has 0 spiro atoms. The number of nitrogens with one attached hydrogen (secondary N) is 2. The van der Waals surface area contributed by atoms with Gasteiger partial charge in [0.25, 0.3) is 5.91 Å². The molecule has 10 heteroatoms. The molecule has 0 aliphatic rings. The van der Waals surface area contributed by atoms with E-state index in [0.717, 1.165) is 6.07 Å². The summed E-state index contributed by atoms with van der Waals surface area (Å²) < 4.78 is 4.77. The van der Waals surface area contributed by atoms with Crippen molar-refractivity contribution >= 4 is 40.8 Å². The van der Waals surface area contributed by atoms with E-state index >= 15 is 0 Å². The SMILES string of the molecule is O=C(NCCNc1ncc(Cl)cc1Cl)c1ccc([N+](=O)[O-])o1. The topological polar surface area (TPSA) is 110 Å². The van der Waals surface area contributed by atoms with Gasteiger partial charge in [-0.2, -0.15) is 0 Å². The second kappa shape index (κ2) is 7.10. The second-order valence-corrected chi connectivity index (χ2v) is 4.91. The van der Waals surface area contributed by atoms with E-state index in [1.807, 2.05) is 0 Å². The fourth-order valence-corrected chi connectivity index (χ4v) is 1.98. The molecule has 0 unspecified atom stereocenters.